The SMILES string of the molecule is O=C1C[C@@H](c2ccccc2)Oc2c(Cc3cc(Cc4ccccc4O)ccc3O)c(O)c(CC3C=CC(Cl)=CC=C3O)c(O)c21. The third-order valence-electron chi connectivity index (χ3n) is 8.28. The summed E-state index contributed by atoms with van der Waals surface area (Å²) in [5.41, 5.74) is 2.96. The van der Waals surface area contributed by atoms with Gasteiger partial charge in [-0.3, -0.25) is 4.79 Å². The number of para-hydroxylation sites is 1. The Kier molecular flexibility index (Phi) is 8.28. The number of aromatic hydroxyl groups is 4. The van der Waals surface area contributed by atoms with E-state index in [2.05, 4.69) is 0 Å². The molecule has 45 heavy (non-hydrogen) atoms. The summed E-state index contributed by atoms with van der Waals surface area (Å²) in [6.07, 6.45) is 5.91. The summed E-state index contributed by atoms with van der Waals surface area (Å²) in [4.78, 5) is 13.7. The van der Waals surface area contributed by atoms with Crippen LogP contribution in [0.4, 0.5) is 0 Å². The zero-order chi connectivity index (χ0) is 31.7. The van der Waals surface area contributed by atoms with Crippen LogP contribution in [0.15, 0.2) is 108 Å². The van der Waals surface area contributed by atoms with Crippen molar-refractivity contribution in [2.24, 2.45) is 5.92 Å². The van der Waals surface area contributed by atoms with E-state index in [0.717, 1.165) is 11.1 Å². The van der Waals surface area contributed by atoms with Gasteiger partial charge >= 0.3 is 0 Å². The summed E-state index contributed by atoms with van der Waals surface area (Å²) in [6, 6.07) is 21.3. The van der Waals surface area contributed by atoms with E-state index < -0.39 is 17.8 Å². The Hall–Kier alpha value is -5.14. The van der Waals surface area contributed by atoms with Gasteiger partial charge in [-0.1, -0.05) is 78.3 Å². The molecule has 4 aromatic rings. The molecule has 5 N–H and O–H groups in total. The van der Waals surface area contributed by atoms with Gasteiger partial charge in [0.2, 0.25) is 0 Å². The predicted octanol–water partition coefficient (Wildman–Crippen LogP) is 7.69. The minimum absolute atomic E-state index is 0.0243. The fourth-order valence-corrected chi connectivity index (χ4v) is 6.01. The number of Topliss-reactive ketones (excluding diaryl/α,β-unsaturated/α-hetero) is 1. The van der Waals surface area contributed by atoms with Gasteiger partial charge in [0.05, 0.1) is 12.2 Å². The van der Waals surface area contributed by atoms with Gasteiger partial charge in [-0.2, -0.15) is 0 Å². The molecule has 0 radical (unpaired) electrons. The van der Waals surface area contributed by atoms with Gasteiger partial charge in [-0.25, -0.2) is 0 Å². The van der Waals surface area contributed by atoms with E-state index in [9.17, 15) is 30.3 Å². The van der Waals surface area contributed by atoms with Crippen molar-refractivity contribution in [3.63, 3.8) is 0 Å². The Morgan fingerprint density at radius 2 is 1.51 bits per heavy atom. The van der Waals surface area contributed by atoms with Crippen LogP contribution in [0, 0.1) is 5.92 Å². The first-order chi connectivity index (χ1) is 21.7. The molecular formula is C37H31ClO7. The summed E-state index contributed by atoms with van der Waals surface area (Å²) in [7, 11) is 0. The molecule has 0 saturated heterocycles. The first-order valence-corrected chi connectivity index (χ1v) is 14.9. The molecule has 0 spiro atoms. The van der Waals surface area contributed by atoms with Crippen LogP contribution in [0.1, 0.15) is 56.3 Å². The van der Waals surface area contributed by atoms with Gasteiger partial charge in [0, 0.05) is 34.9 Å². The van der Waals surface area contributed by atoms with Crippen LogP contribution < -0.4 is 4.74 Å². The van der Waals surface area contributed by atoms with Crippen LogP contribution >= 0.6 is 11.6 Å². The standard InChI is InChI=1S/C37H31ClO7/c38-26-12-11-24(30(40)15-13-26)18-27-35(43)28(19-25-17-21(10-14-31(25)41)16-23-8-4-5-9-29(23)39)37-34(36(27)44)32(42)20-33(45-37)22-6-2-1-3-7-22/h1-15,17,24,33,39-41,43-44H,16,18-20H2/t24?,33-/m0/s1. The lowest BCUT2D eigenvalue weighted by Crippen LogP contribution is -2.22. The first kappa shape index (κ1) is 29.9. The molecule has 0 amide bonds. The Balaban J connectivity index is 1.46. The fourth-order valence-electron chi connectivity index (χ4n) is 5.87. The van der Waals surface area contributed by atoms with Crippen molar-refractivity contribution in [2.75, 3.05) is 0 Å². The second kappa shape index (κ2) is 12.5. The molecule has 2 atom stereocenters. The highest BCUT2D eigenvalue weighted by molar-refractivity contribution is 6.31. The third kappa shape index (κ3) is 6.12. The number of hydrogen-bond acceptors (Lipinski definition) is 7. The first-order valence-electron chi connectivity index (χ1n) is 14.6. The summed E-state index contributed by atoms with van der Waals surface area (Å²) in [5, 5.41) is 55.5. The normalized spacial score (nSPS) is 17.6. The highest BCUT2D eigenvalue weighted by Gasteiger charge is 2.36. The molecule has 0 fully saturated rings. The maximum Gasteiger partial charge on any atom is 0.174 e. The van der Waals surface area contributed by atoms with Crippen molar-refractivity contribution in [3.05, 3.63) is 147 Å². The highest BCUT2D eigenvalue weighted by atomic mass is 35.5. The molecule has 228 valence electrons. The molecule has 1 aliphatic heterocycles. The Morgan fingerprint density at radius 1 is 0.778 bits per heavy atom. The lowest BCUT2D eigenvalue weighted by atomic mass is 9.86. The number of aliphatic hydroxyl groups excluding tert-OH is 1. The van der Waals surface area contributed by atoms with Crippen molar-refractivity contribution >= 4 is 17.4 Å². The number of carbonyl (C=O) groups is 1. The van der Waals surface area contributed by atoms with Crippen LogP contribution in [0.3, 0.4) is 0 Å². The number of ether oxygens (including phenoxy) is 1. The monoisotopic (exact) mass is 622 g/mol. The summed E-state index contributed by atoms with van der Waals surface area (Å²) in [6.45, 7) is 0. The molecule has 0 saturated carbocycles. The number of rotatable bonds is 7. The van der Waals surface area contributed by atoms with E-state index >= 15 is 0 Å². The minimum atomic E-state index is -0.652. The number of halogens is 1. The van der Waals surface area contributed by atoms with Crippen LogP contribution in [0.5, 0.6) is 28.7 Å². The summed E-state index contributed by atoms with van der Waals surface area (Å²) in [5.74, 6) is -1.58. The largest absolute Gasteiger partial charge is 0.512 e. The van der Waals surface area contributed by atoms with Gasteiger partial charge in [0.25, 0.3) is 0 Å². The molecule has 0 bridgehead atoms. The summed E-state index contributed by atoms with van der Waals surface area (Å²) >= 11 is 6.12. The number of aliphatic hydroxyl groups is 1. The molecule has 6 rings (SSSR count). The van der Waals surface area contributed by atoms with E-state index in [4.69, 9.17) is 16.3 Å². The number of phenolic OH excluding ortho intramolecular Hbond substituents is 4. The highest BCUT2D eigenvalue weighted by Crippen LogP contribution is 2.50. The second-order valence-corrected chi connectivity index (χ2v) is 11.7. The maximum atomic E-state index is 13.7. The number of phenols is 4. The number of fused-ring (bicyclic) bond motifs is 1. The van der Waals surface area contributed by atoms with Gasteiger partial charge in [-0.05, 0) is 59.0 Å². The molecular weight excluding hydrogens is 592 g/mol. The van der Waals surface area contributed by atoms with E-state index in [1.807, 2.05) is 42.5 Å². The lowest BCUT2D eigenvalue weighted by molar-refractivity contribution is 0.0842. The van der Waals surface area contributed by atoms with Crippen LogP contribution in [0.25, 0.3) is 0 Å². The van der Waals surface area contributed by atoms with E-state index in [1.54, 1.807) is 42.5 Å². The van der Waals surface area contributed by atoms with Gasteiger partial charge < -0.3 is 30.3 Å². The fraction of sp³-hybridized carbons (Fsp3) is 0.162. The quantitative estimate of drug-likeness (QED) is 0.143. The Morgan fingerprint density at radius 3 is 2.29 bits per heavy atom. The topological polar surface area (TPSA) is 127 Å². The summed E-state index contributed by atoms with van der Waals surface area (Å²) < 4.78 is 6.38. The van der Waals surface area contributed by atoms with Crippen molar-refractivity contribution in [1.82, 2.24) is 0 Å². The molecule has 1 unspecified atom stereocenters. The molecule has 4 aromatic carbocycles. The van der Waals surface area contributed by atoms with E-state index in [0.29, 0.717) is 22.6 Å². The Labute approximate surface area is 265 Å². The number of hydrogen-bond donors (Lipinski definition) is 5. The smallest absolute Gasteiger partial charge is 0.174 e. The average Bonchev–Trinajstić information content (AvgIpc) is 3.19. The third-order valence-corrected chi connectivity index (χ3v) is 8.53. The van der Waals surface area contributed by atoms with Gasteiger partial charge in [0.15, 0.2) is 5.78 Å². The van der Waals surface area contributed by atoms with Crippen molar-refractivity contribution in [1.29, 1.82) is 0 Å². The molecule has 0 aromatic heterocycles. The second-order valence-electron chi connectivity index (χ2n) is 11.3. The maximum absolute atomic E-state index is 13.7. The van der Waals surface area contributed by atoms with Crippen LogP contribution in [-0.2, 0) is 19.3 Å². The minimum Gasteiger partial charge on any atom is -0.512 e. The molecule has 1 aliphatic carbocycles. The van der Waals surface area contributed by atoms with Crippen molar-refractivity contribution < 1.29 is 35.1 Å². The molecule has 7 nitrogen and oxygen atoms in total. The molecule has 1 heterocycles. The van der Waals surface area contributed by atoms with Gasteiger partial charge in [0.1, 0.15) is 40.4 Å². The van der Waals surface area contributed by atoms with Crippen LogP contribution in [0.2, 0.25) is 0 Å². The zero-order valence-electron chi connectivity index (χ0n) is 24.2. The number of carbonyl (C=O) groups excluding carboxylic acids is 1. The van der Waals surface area contributed by atoms with Crippen molar-refractivity contribution in [3.8, 4) is 28.7 Å². The van der Waals surface area contributed by atoms with Gasteiger partial charge in [-0.15, -0.1) is 0 Å². The average molecular weight is 623 g/mol. The molecule has 8 heteroatoms. The molecule has 2 aliphatic rings. The number of allylic oxidation sites excluding steroid dienone is 5. The van der Waals surface area contributed by atoms with E-state index in [-0.39, 0.29) is 70.5 Å². The predicted molar refractivity (Wildman–Crippen MR) is 171 cm³/mol. The lowest BCUT2D eigenvalue weighted by Gasteiger charge is -2.30. The zero-order valence-corrected chi connectivity index (χ0v) is 24.9. The Bertz CT molecular complexity index is 1870. The van der Waals surface area contributed by atoms with Crippen LogP contribution in [-0.4, -0.2) is 31.3 Å². The van der Waals surface area contributed by atoms with Crippen molar-refractivity contribution in [2.45, 2.75) is 31.8 Å². The van der Waals surface area contributed by atoms with E-state index in [1.165, 1.54) is 12.2 Å². The number of benzene rings is 4. The number of ketones is 1.